The zero-order valence-corrected chi connectivity index (χ0v) is 10.5. The second-order valence-corrected chi connectivity index (χ2v) is 4.72. The molecule has 0 radical (unpaired) electrons. The lowest BCUT2D eigenvalue weighted by atomic mass is 9.86. The standard InChI is InChI=1S/C12H21NO3/c1-6-7-8-9(14)13-10(11(15)16-5)12(2,3)4/h6,10H,1,7-8H2,2-5H3,(H,13,14). The maximum absolute atomic E-state index is 11.5. The molecule has 1 N–H and O–H groups in total. The number of nitrogens with one attached hydrogen (secondary N) is 1. The number of esters is 1. The number of methoxy groups -OCH3 is 1. The van der Waals surface area contributed by atoms with Crippen LogP contribution in [0.5, 0.6) is 0 Å². The van der Waals surface area contributed by atoms with Crippen molar-refractivity contribution >= 4 is 11.9 Å². The van der Waals surface area contributed by atoms with Crippen LogP contribution >= 0.6 is 0 Å². The fraction of sp³-hybridized carbons (Fsp3) is 0.667. The number of hydrogen-bond donors (Lipinski definition) is 1. The highest BCUT2D eigenvalue weighted by atomic mass is 16.5. The van der Waals surface area contributed by atoms with Crippen LogP contribution in [0.25, 0.3) is 0 Å². The molecule has 0 rings (SSSR count). The van der Waals surface area contributed by atoms with Crippen molar-refractivity contribution in [1.82, 2.24) is 5.32 Å². The van der Waals surface area contributed by atoms with E-state index in [2.05, 4.69) is 16.6 Å². The van der Waals surface area contributed by atoms with Gasteiger partial charge in [-0.1, -0.05) is 26.8 Å². The van der Waals surface area contributed by atoms with E-state index in [1.54, 1.807) is 6.08 Å². The lowest BCUT2D eigenvalue weighted by molar-refractivity contribution is -0.148. The first kappa shape index (κ1) is 14.7. The van der Waals surface area contributed by atoms with Gasteiger partial charge in [0.2, 0.25) is 5.91 Å². The molecular formula is C12H21NO3. The maximum Gasteiger partial charge on any atom is 0.328 e. The molecule has 1 amide bonds. The molecule has 0 aromatic heterocycles. The minimum atomic E-state index is -0.616. The van der Waals surface area contributed by atoms with Crippen molar-refractivity contribution in [3.63, 3.8) is 0 Å². The van der Waals surface area contributed by atoms with Gasteiger partial charge in [0.05, 0.1) is 7.11 Å². The summed E-state index contributed by atoms with van der Waals surface area (Å²) in [6.07, 6.45) is 2.61. The van der Waals surface area contributed by atoms with Crippen LogP contribution < -0.4 is 5.32 Å². The van der Waals surface area contributed by atoms with Gasteiger partial charge in [0.15, 0.2) is 0 Å². The summed E-state index contributed by atoms with van der Waals surface area (Å²) in [5.74, 6) is -0.579. The van der Waals surface area contributed by atoms with E-state index >= 15 is 0 Å². The molecule has 4 nitrogen and oxygen atoms in total. The van der Waals surface area contributed by atoms with Crippen molar-refractivity contribution in [1.29, 1.82) is 0 Å². The summed E-state index contributed by atoms with van der Waals surface area (Å²) in [7, 11) is 1.32. The molecule has 0 bridgehead atoms. The molecule has 0 aromatic rings. The molecule has 1 unspecified atom stereocenters. The highest BCUT2D eigenvalue weighted by molar-refractivity contribution is 5.85. The number of carbonyl (C=O) groups excluding carboxylic acids is 2. The first-order valence-electron chi connectivity index (χ1n) is 5.31. The summed E-state index contributed by atoms with van der Waals surface area (Å²) in [6, 6.07) is -0.616. The fourth-order valence-electron chi connectivity index (χ4n) is 1.21. The molecular weight excluding hydrogens is 206 g/mol. The Kier molecular flexibility index (Phi) is 5.78. The Bertz CT molecular complexity index is 266. The number of hydrogen-bond acceptors (Lipinski definition) is 3. The molecule has 0 saturated carbocycles. The largest absolute Gasteiger partial charge is 0.467 e. The first-order valence-corrected chi connectivity index (χ1v) is 5.31. The third-order valence-electron chi connectivity index (χ3n) is 2.18. The average molecular weight is 227 g/mol. The van der Waals surface area contributed by atoms with E-state index in [9.17, 15) is 9.59 Å². The zero-order chi connectivity index (χ0) is 12.8. The Hall–Kier alpha value is -1.32. The van der Waals surface area contributed by atoms with Gasteiger partial charge >= 0.3 is 5.97 Å². The van der Waals surface area contributed by atoms with Gasteiger partial charge < -0.3 is 10.1 Å². The smallest absolute Gasteiger partial charge is 0.328 e. The molecule has 0 spiro atoms. The third-order valence-corrected chi connectivity index (χ3v) is 2.18. The summed E-state index contributed by atoms with van der Waals surface area (Å²) in [5.41, 5.74) is -0.364. The van der Waals surface area contributed by atoms with Gasteiger partial charge in [-0.15, -0.1) is 6.58 Å². The van der Waals surface area contributed by atoms with Gasteiger partial charge in [0, 0.05) is 6.42 Å². The summed E-state index contributed by atoms with van der Waals surface area (Å²) in [6.45, 7) is 9.17. The zero-order valence-electron chi connectivity index (χ0n) is 10.5. The quantitative estimate of drug-likeness (QED) is 0.574. The van der Waals surface area contributed by atoms with Crippen LogP contribution in [-0.2, 0) is 14.3 Å². The minimum Gasteiger partial charge on any atom is -0.467 e. The molecule has 16 heavy (non-hydrogen) atoms. The van der Waals surface area contributed by atoms with Gasteiger partial charge in [-0.05, 0) is 11.8 Å². The lowest BCUT2D eigenvalue weighted by Crippen LogP contribution is -2.49. The van der Waals surface area contributed by atoms with E-state index in [1.807, 2.05) is 20.8 Å². The van der Waals surface area contributed by atoms with E-state index in [1.165, 1.54) is 7.11 Å². The van der Waals surface area contributed by atoms with Crippen molar-refractivity contribution in [3.05, 3.63) is 12.7 Å². The molecule has 92 valence electrons. The van der Waals surface area contributed by atoms with Crippen LogP contribution in [0.3, 0.4) is 0 Å². The van der Waals surface area contributed by atoms with Crippen LogP contribution in [0, 0.1) is 5.41 Å². The minimum absolute atomic E-state index is 0.162. The van der Waals surface area contributed by atoms with Gasteiger partial charge in [0.25, 0.3) is 0 Å². The number of allylic oxidation sites excluding steroid dienone is 1. The second-order valence-electron chi connectivity index (χ2n) is 4.72. The molecule has 0 aliphatic heterocycles. The molecule has 0 aliphatic carbocycles. The van der Waals surface area contributed by atoms with Crippen LogP contribution in [0.2, 0.25) is 0 Å². The average Bonchev–Trinajstić information content (AvgIpc) is 2.20. The van der Waals surface area contributed by atoms with Gasteiger partial charge in [-0.25, -0.2) is 4.79 Å². The van der Waals surface area contributed by atoms with Crippen molar-refractivity contribution in [2.45, 2.75) is 39.7 Å². The Labute approximate surface area is 97.1 Å². The van der Waals surface area contributed by atoms with Gasteiger partial charge in [-0.2, -0.15) is 0 Å². The molecule has 0 fully saturated rings. The number of carbonyl (C=O) groups is 2. The Morgan fingerprint density at radius 1 is 1.44 bits per heavy atom. The lowest BCUT2D eigenvalue weighted by Gasteiger charge is -2.28. The molecule has 4 heteroatoms. The molecule has 0 saturated heterocycles. The van der Waals surface area contributed by atoms with E-state index in [4.69, 9.17) is 0 Å². The normalized spacial score (nSPS) is 12.8. The predicted molar refractivity (Wildman–Crippen MR) is 62.8 cm³/mol. The van der Waals surface area contributed by atoms with E-state index < -0.39 is 12.0 Å². The molecule has 0 aliphatic rings. The summed E-state index contributed by atoms with van der Waals surface area (Å²) < 4.78 is 4.67. The van der Waals surface area contributed by atoms with Gasteiger partial charge in [-0.3, -0.25) is 4.79 Å². The monoisotopic (exact) mass is 227 g/mol. The van der Waals surface area contributed by atoms with E-state index in [0.29, 0.717) is 12.8 Å². The Morgan fingerprint density at radius 3 is 2.38 bits per heavy atom. The summed E-state index contributed by atoms with van der Waals surface area (Å²) in [4.78, 5) is 23.0. The van der Waals surface area contributed by atoms with Crippen LogP contribution in [0.15, 0.2) is 12.7 Å². The van der Waals surface area contributed by atoms with Crippen molar-refractivity contribution in [2.24, 2.45) is 5.41 Å². The van der Waals surface area contributed by atoms with E-state index in [-0.39, 0.29) is 11.3 Å². The second kappa shape index (κ2) is 6.30. The molecule has 0 heterocycles. The van der Waals surface area contributed by atoms with Crippen LogP contribution in [0.1, 0.15) is 33.6 Å². The molecule has 0 aromatic carbocycles. The first-order chi connectivity index (χ1) is 7.32. The van der Waals surface area contributed by atoms with Crippen molar-refractivity contribution in [3.8, 4) is 0 Å². The molecule has 1 atom stereocenters. The van der Waals surface area contributed by atoms with Crippen LogP contribution in [-0.4, -0.2) is 25.0 Å². The Morgan fingerprint density at radius 2 is 2.00 bits per heavy atom. The number of rotatable bonds is 5. The highest BCUT2D eigenvalue weighted by Crippen LogP contribution is 2.20. The number of amides is 1. The fourth-order valence-corrected chi connectivity index (χ4v) is 1.21. The van der Waals surface area contributed by atoms with Gasteiger partial charge in [0.1, 0.15) is 6.04 Å². The van der Waals surface area contributed by atoms with Crippen molar-refractivity contribution < 1.29 is 14.3 Å². The SMILES string of the molecule is C=CCCC(=O)NC(C(=O)OC)C(C)(C)C. The topological polar surface area (TPSA) is 55.4 Å². The summed E-state index contributed by atoms with van der Waals surface area (Å²) >= 11 is 0. The highest BCUT2D eigenvalue weighted by Gasteiger charge is 2.33. The number of ether oxygens (including phenoxy) is 1. The van der Waals surface area contributed by atoms with Crippen LogP contribution in [0.4, 0.5) is 0 Å². The summed E-state index contributed by atoms with van der Waals surface area (Å²) in [5, 5.41) is 2.68. The third kappa shape index (κ3) is 4.96. The maximum atomic E-state index is 11.5. The van der Waals surface area contributed by atoms with E-state index in [0.717, 1.165) is 0 Å². The predicted octanol–water partition coefficient (Wildman–Crippen LogP) is 1.66. The Balaban J connectivity index is 4.50. The van der Waals surface area contributed by atoms with Crippen molar-refractivity contribution in [2.75, 3.05) is 7.11 Å².